The fraction of sp³-hybridized carbons (Fsp3) is 0. The van der Waals surface area contributed by atoms with Crippen LogP contribution in [0.25, 0.3) is 89.7 Å². The van der Waals surface area contributed by atoms with E-state index in [4.69, 9.17) is 206 Å². The van der Waals surface area contributed by atoms with Gasteiger partial charge in [-0.25, -0.2) is 9.97 Å². The van der Waals surface area contributed by atoms with Crippen molar-refractivity contribution in [2.75, 3.05) is 0 Å². The number of rotatable bonds is 0. The molecule has 2 aliphatic heterocycles. The summed E-state index contributed by atoms with van der Waals surface area (Å²) in [6, 6.07) is 0. The van der Waals surface area contributed by atoms with E-state index in [0.29, 0.717) is 0 Å². The van der Waals surface area contributed by atoms with Crippen molar-refractivity contribution in [1.82, 2.24) is 39.9 Å². The van der Waals surface area contributed by atoms with Crippen molar-refractivity contribution in [2.24, 2.45) is 0 Å². The van der Waals surface area contributed by atoms with Gasteiger partial charge in [0.15, 0.2) is 0 Å². The monoisotopic (exact) mass is 1110 g/mol. The summed E-state index contributed by atoms with van der Waals surface area (Å²) in [4.78, 5) is 37.7. The van der Waals surface area contributed by atoms with Crippen molar-refractivity contribution in [3.05, 3.63) is 80.4 Å². The summed E-state index contributed by atoms with van der Waals surface area (Å²) in [5.41, 5.74) is -0.000693. The maximum absolute atomic E-state index is 6.82. The number of nitrogens with zero attached hydrogens (tertiary/aromatic N) is 8. The molecule has 288 valence electrons. The van der Waals surface area contributed by atoms with E-state index in [1.807, 2.05) is 0 Å². The van der Waals surface area contributed by atoms with Gasteiger partial charge in [-0.3, -0.25) is 0 Å². The standard InChI is InChI=1S/C32Cl16N8.Fe/c33-9-1-2(10(34)18(42)17(9)41)26-49-25(1)53-27-3-4(12(36)20(44)19(43)11(3)35)29(50-27)55-31-7-8(16(40)24(48)23(47)15(7)39)32(52-31)56-30-6-5(28(51-30)54-26)13(37)21(45)22(46)14(6)38;/q-2;+2. The molecule has 5 heterocycles. The van der Waals surface area contributed by atoms with Crippen LogP contribution < -0.4 is 9.97 Å². The van der Waals surface area contributed by atoms with E-state index in [1.165, 1.54) is 0 Å². The van der Waals surface area contributed by atoms with Crippen LogP contribution in [0.15, 0.2) is 0 Å². The molecule has 25 heteroatoms. The molecule has 9 rings (SSSR count). The van der Waals surface area contributed by atoms with Gasteiger partial charge in [-0.15, -0.1) is 0 Å². The van der Waals surface area contributed by atoms with Gasteiger partial charge in [0.05, 0.1) is 104 Å². The minimum absolute atomic E-state index is 0. The minimum Gasteiger partial charge on any atom is -0.357 e. The average molecular weight is 1120 g/mol. The fourth-order valence-electron chi connectivity index (χ4n) is 6.10. The Kier molecular flexibility index (Phi) is 11.6. The third-order valence-electron chi connectivity index (χ3n) is 8.55. The zero-order valence-corrected chi connectivity index (χ0v) is 39.2. The Labute approximate surface area is 408 Å². The molecule has 8 bridgehead atoms. The molecule has 0 unspecified atom stereocenters. The zero-order chi connectivity index (χ0) is 40.1. The summed E-state index contributed by atoms with van der Waals surface area (Å²) in [5, 5.41) is -1.06. The van der Waals surface area contributed by atoms with Gasteiger partial charge in [0.2, 0.25) is 0 Å². The largest absolute Gasteiger partial charge is 2.00 e. The Bertz CT molecular complexity index is 2820. The Morgan fingerprint density at radius 2 is 0.404 bits per heavy atom. The van der Waals surface area contributed by atoms with Gasteiger partial charge < -0.3 is 29.9 Å². The van der Waals surface area contributed by atoms with Crippen LogP contribution in [0.2, 0.25) is 80.4 Å². The van der Waals surface area contributed by atoms with E-state index >= 15 is 0 Å². The van der Waals surface area contributed by atoms with E-state index in [1.54, 1.807) is 0 Å². The molecule has 2 aliphatic rings. The van der Waals surface area contributed by atoms with Gasteiger partial charge in [-0.05, 0) is 0 Å². The summed E-state index contributed by atoms with van der Waals surface area (Å²) < 4.78 is 0. The molecule has 0 fully saturated rings. The first-order chi connectivity index (χ1) is 26.4. The maximum atomic E-state index is 6.82. The number of benzene rings is 4. The molecule has 0 saturated heterocycles. The van der Waals surface area contributed by atoms with Gasteiger partial charge in [0.25, 0.3) is 0 Å². The Morgan fingerprint density at radius 3 is 0.596 bits per heavy atom. The molecule has 4 aromatic carbocycles. The summed E-state index contributed by atoms with van der Waals surface area (Å²) >= 11 is 107. The normalized spacial score (nSPS) is 12.1. The molecule has 0 radical (unpaired) electrons. The van der Waals surface area contributed by atoms with Gasteiger partial charge in [-0.1, -0.05) is 186 Å². The molecule has 0 amide bonds. The summed E-state index contributed by atoms with van der Waals surface area (Å²) in [5.74, 6) is -0.437. The quantitative estimate of drug-likeness (QED) is 0.0840. The molecule has 0 N–H and O–H groups in total. The molecule has 3 aromatic heterocycles. The van der Waals surface area contributed by atoms with Gasteiger partial charge >= 0.3 is 17.1 Å². The minimum atomic E-state index is -0.109. The van der Waals surface area contributed by atoms with Crippen LogP contribution in [0.5, 0.6) is 0 Å². The summed E-state index contributed by atoms with van der Waals surface area (Å²) in [6.07, 6.45) is 0. The smallest absolute Gasteiger partial charge is 0.357 e. The summed E-state index contributed by atoms with van der Waals surface area (Å²) in [7, 11) is 0. The first-order valence-corrected chi connectivity index (χ1v) is 20.6. The van der Waals surface area contributed by atoms with E-state index in [2.05, 4.69) is 19.9 Å². The zero-order valence-electron chi connectivity index (χ0n) is 26.0. The van der Waals surface area contributed by atoms with E-state index in [0.717, 1.165) is 0 Å². The second-order valence-corrected chi connectivity index (χ2v) is 17.6. The second-order valence-electron chi connectivity index (χ2n) is 11.5. The van der Waals surface area contributed by atoms with Crippen molar-refractivity contribution in [2.45, 2.75) is 0 Å². The van der Waals surface area contributed by atoms with Crippen molar-refractivity contribution < 1.29 is 17.1 Å². The Hall–Kier alpha value is -0.601. The van der Waals surface area contributed by atoms with Crippen LogP contribution in [-0.2, 0) is 17.1 Å². The van der Waals surface area contributed by atoms with Gasteiger partial charge in [0.1, 0.15) is 0 Å². The second kappa shape index (κ2) is 15.3. The molecule has 0 atom stereocenters. The van der Waals surface area contributed by atoms with Crippen LogP contribution >= 0.6 is 186 Å². The van der Waals surface area contributed by atoms with Crippen LogP contribution in [0.1, 0.15) is 0 Å². The molecule has 0 saturated carbocycles. The first-order valence-electron chi connectivity index (χ1n) is 14.6. The predicted octanol–water partition coefficient (Wildman–Crippen LogP) is 16.6. The third kappa shape index (κ3) is 6.22. The summed E-state index contributed by atoms with van der Waals surface area (Å²) in [6.45, 7) is 0. The van der Waals surface area contributed by atoms with Gasteiger partial charge in [-0.2, -0.15) is 0 Å². The first kappa shape index (κ1) is 43.1. The van der Waals surface area contributed by atoms with Crippen LogP contribution in [0, 0.1) is 0 Å². The van der Waals surface area contributed by atoms with Crippen LogP contribution in [0.3, 0.4) is 0 Å². The van der Waals surface area contributed by atoms with Crippen LogP contribution in [-0.4, -0.2) is 29.9 Å². The van der Waals surface area contributed by atoms with E-state index < -0.39 is 0 Å². The molecule has 8 nitrogen and oxygen atoms in total. The predicted molar refractivity (Wildman–Crippen MR) is 234 cm³/mol. The Balaban J connectivity index is 0.00000455. The molecular weight excluding hydrogens is 1120 g/mol. The number of halogens is 16. The molecule has 7 aromatic rings. The van der Waals surface area contributed by atoms with E-state index in [9.17, 15) is 0 Å². The third-order valence-corrected chi connectivity index (χ3v) is 15.8. The topological polar surface area (TPSA) is 106 Å². The van der Waals surface area contributed by atoms with Crippen molar-refractivity contribution in [3.8, 4) is 45.6 Å². The average Bonchev–Trinajstić information content (AvgIpc) is 3.92. The number of hydrogen-bond acceptors (Lipinski definition) is 6. The number of aromatic nitrogens is 8. The Morgan fingerprint density at radius 1 is 0.228 bits per heavy atom. The number of hydrogen-bond donors (Lipinski definition) is 0. The van der Waals surface area contributed by atoms with Crippen molar-refractivity contribution in [1.29, 1.82) is 0 Å². The fourth-order valence-corrected chi connectivity index (χ4v) is 10.2. The SMILES string of the molecule is Clc1c(Cl)c(Cl)c2c(c1Cl)-c1nc-2nc2[n-]c(nc3nc(nc4[n-]c(n1)c1c(Cl)c(Cl)c(Cl)c(Cl)c41)-c1c(Cl)c(Cl)c(Cl)c(Cl)c1-3)c1c(Cl)c(Cl)c(Cl)c(Cl)c21.[Fe+2]. The maximum Gasteiger partial charge on any atom is 2.00 e. The van der Waals surface area contributed by atoms with Crippen LogP contribution in [0.4, 0.5) is 0 Å². The van der Waals surface area contributed by atoms with Crippen molar-refractivity contribution in [3.63, 3.8) is 0 Å². The van der Waals surface area contributed by atoms with Crippen molar-refractivity contribution >= 4 is 230 Å². The molecular formula is C32Cl16FeN8. The molecule has 57 heavy (non-hydrogen) atoms. The van der Waals surface area contributed by atoms with E-state index in [-0.39, 0.29) is 187 Å². The molecule has 0 aliphatic carbocycles. The number of fused-ring (bicyclic) bond motifs is 20. The molecule has 0 spiro atoms. The van der Waals surface area contributed by atoms with Gasteiger partial charge in [0, 0.05) is 66.4 Å².